The lowest BCUT2D eigenvalue weighted by molar-refractivity contribution is -0.0804. The van der Waals surface area contributed by atoms with Crippen molar-refractivity contribution in [1.82, 2.24) is 0 Å². The highest BCUT2D eigenvalue weighted by Gasteiger charge is 2.38. The fourth-order valence-electron chi connectivity index (χ4n) is 2.45. The topological polar surface area (TPSA) is 35.2 Å². The molecule has 0 radical (unpaired) electrons. The zero-order valence-electron chi connectivity index (χ0n) is 9.24. The first-order valence-corrected chi connectivity index (χ1v) is 8.08. The minimum absolute atomic E-state index is 0.246. The predicted molar refractivity (Wildman–Crippen MR) is 69.8 cm³/mol. The van der Waals surface area contributed by atoms with Gasteiger partial charge in [0, 0.05) is 24.2 Å². The Labute approximate surface area is 101 Å². The van der Waals surface area contributed by atoms with Gasteiger partial charge in [0.05, 0.1) is 5.60 Å². The second-order valence-electron chi connectivity index (χ2n) is 4.42. The van der Waals surface area contributed by atoms with Crippen LogP contribution < -0.4 is 5.73 Å². The van der Waals surface area contributed by atoms with E-state index in [-0.39, 0.29) is 5.60 Å². The zero-order valence-corrected chi connectivity index (χ0v) is 10.9. The van der Waals surface area contributed by atoms with Crippen LogP contribution in [0, 0.1) is 0 Å². The molecule has 2 aliphatic heterocycles. The van der Waals surface area contributed by atoms with E-state index in [1.807, 2.05) is 0 Å². The van der Waals surface area contributed by atoms with E-state index in [1.165, 1.54) is 37.2 Å². The van der Waals surface area contributed by atoms with Crippen molar-refractivity contribution in [2.24, 2.45) is 5.73 Å². The van der Waals surface area contributed by atoms with Crippen molar-refractivity contribution in [2.45, 2.75) is 36.5 Å². The highest BCUT2D eigenvalue weighted by Crippen LogP contribution is 2.40. The number of rotatable bonds is 3. The summed E-state index contributed by atoms with van der Waals surface area (Å²) in [4.78, 5) is 0. The minimum atomic E-state index is 0.246. The molecule has 2 saturated heterocycles. The Morgan fingerprint density at radius 1 is 1.40 bits per heavy atom. The number of hydrogen-bond acceptors (Lipinski definition) is 4. The molecule has 2 heterocycles. The monoisotopic (exact) mass is 247 g/mol. The predicted octanol–water partition coefficient (Wildman–Crippen LogP) is 2.12. The number of ether oxygens (including phenoxy) is 1. The largest absolute Gasteiger partial charge is 0.375 e. The zero-order chi connectivity index (χ0) is 10.6. The summed E-state index contributed by atoms with van der Waals surface area (Å²) < 4.78 is 6.06. The first kappa shape index (κ1) is 12.1. The van der Waals surface area contributed by atoms with Crippen LogP contribution in [0.25, 0.3) is 0 Å². The third-order valence-electron chi connectivity index (χ3n) is 3.32. The summed E-state index contributed by atoms with van der Waals surface area (Å²) in [6, 6.07) is 0. The molecule has 2 nitrogen and oxygen atoms in total. The molecule has 0 aliphatic carbocycles. The molecule has 0 aromatic carbocycles. The van der Waals surface area contributed by atoms with Crippen molar-refractivity contribution in [3.63, 3.8) is 0 Å². The van der Waals surface area contributed by atoms with Crippen LogP contribution in [0.1, 0.15) is 25.7 Å². The van der Waals surface area contributed by atoms with Gasteiger partial charge in [-0.1, -0.05) is 0 Å². The van der Waals surface area contributed by atoms with Gasteiger partial charge in [-0.05, 0) is 37.2 Å². The molecule has 2 aliphatic rings. The molecule has 2 fully saturated rings. The average Bonchev–Trinajstić information content (AvgIpc) is 2.28. The van der Waals surface area contributed by atoms with E-state index in [9.17, 15) is 0 Å². The van der Waals surface area contributed by atoms with Gasteiger partial charge in [-0.3, -0.25) is 0 Å². The molecule has 0 aromatic rings. The van der Waals surface area contributed by atoms with Gasteiger partial charge in [-0.15, -0.1) is 0 Å². The molecule has 0 saturated carbocycles. The van der Waals surface area contributed by atoms with E-state index < -0.39 is 0 Å². The van der Waals surface area contributed by atoms with Crippen LogP contribution in [0.15, 0.2) is 0 Å². The smallest absolute Gasteiger partial charge is 0.0708 e. The first-order chi connectivity index (χ1) is 7.35. The minimum Gasteiger partial charge on any atom is -0.375 e. The van der Waals surface area contributed by atoms with Crippen LogP contribution in [0.3, 0.4) is 0 Å². The number of thioether (sulfide) groups is 2. The molecule has 1 atom stereocenters. The van der Waals surface area contributed by atoms with Gasteiger partial charge in [0.1, 0.15) is 0 Å². The summed E-state index contributed by atoms with van der Waals surface area (Å²) in [5, 5.41) is 0.797. The summed E-state index contributed by atoms with van der Waals surface area (Å²) in [5.74, 6) is 3.68. The van der Waals surface area contributed by atoms with E-state index in [2.05, 4.69) is 23.5 Å². The molecule has 1 spiro atoms. The number of nitrogens with two attached hydrogens (primary N) is 1. The van der Waals surface area contributed by atoms with Crippen molar-refractivity contribution in [3.8, 4) is 0 Å². The van der Waals surface area contributed by atoms with Gasteiger partial charge < -0.3 is 10.5 Å². The van der Waals surface area contributed by atoms with Crippen molar-refractivity contribution >= 4 is 23.5 Å². The summed E-state index contributed by atoms with van der Waals surface area (Å²) in [7, 11) is 0. The molecular formula is C11H21NOS2. The van der Waals surface area contributed by atoms with E-state index in [4.69, 9.17) is 10.5 Å². The maximum absolute atomic E-state index is 6.06. The van der Waals surface area contributed by atoms with E-state index in [0.29, 0.717) is 0 Å². The SMILES string of the molecule is NCCSC1CCOC2(CCSCC2)C1. The van der Waals surface area contributed by atoms with Gasteiger partial charge in [0.2, 0.25) is 0 Å². The first-order valence-electron chi connectivity index (χ1n) is 5.88. The standard InChI is InChI=1S/C11H21NOS2/c12-4-8-15-10-1-5-13-11(9-10)2-6-14-7-3-11/h10H,1-9,12H2. The Hall–Kier alpha value is 0.620. The number of hydrogen-bond donors (Lipinski definition) is 1. The molecule has 15 heavy (non-hydrogen) atoms. The highest BCUT2D eigenvalue weighted by atomic mass is 32.2. The van der Waals surface area contributed by atoms with E-state index >= 15 is 0 Å². The Morgan fingerprint density at radius 2 is 2.20 bits per heavy atom. The van der Waals surface area contributed by atoms with E-state index in [0.717, 1.165) is 24.2 Å². The molecule has 0 aromatic heterocycles. The third-order valence-corrected chi connectivity index (χ3v) is 5.65. The highest BCUT2D eigenvalue weighted by molar-refractivity contribution is 8.00. The lowest BCUT2D eigenvalue weighted by Crippen LogP contribution is -2.43. The van der Waals surface area contributed by atoms with Gasteiger partial charge in [0.15, 0.2) is 0 Å². The fraction of sp³-hybridized carbons (Fsp3) is 1.00. The van der Waals surface area contributed by atoms with E-state index in [1.54, 1.807) is 0 Å². The van der Waals surface area contributed by atoms with Crippen LogP contribution >= 0.6 is 23.5 Å². The molecule has 4 heteroatoms. The second-order valence-corrected chi connectivity index (χ2v) is 7.05. The molecular weight excluding hydrogens is 226 g/mol. The van der Waals surface area contributed by atoms with Crippen molar-refractivity contribution in [3.05, 3.63) is 0 Å². The molecule has 2 N–H and O–H groups in total. The summed E-state index contributed by atoms with van der Waals surface area (Å²) in [6.07, 6.45) is 5.01. The molecule has 1 unspecified atom stereocenters. The molecule has 88 valence electrons. The summed E-state index contributed by atoms with van der Waals surface area (Å²) >= 11 is 4.13. The van der Waals surface area contributed by atoms with Crippen molar-refractivity contribution < 1.29 is 4.74 Å². The normalized spacial score (nSPS) is 30.6. The van der Waals surface area contributed by atoms with Crippen LogP contribution in [-0.2, 0) is 4.74 Å². The van der Waals surface area contributed by atoms with Crippen LogP contribution in [0.4, 0.5) is 0 Å². The lowest BCUT2D eigenvalue weighted by Gasteiger charge is -2.43. The maximum Gasteiger partial charge on any atom is 0.0708 e. The van der Waals surface area contributed by atoms with Crippen molar-refractivity contribution in [2.75, 3.05) is 30.4 Å². The molecule has 0 amide bonds. The Balaban J connectivity index is 1.85. The summed E-state index contributed by atoms with van der Waals surface area (Å²) in [5.41, 5.74) is 5.81. The van der Waals surface area contributed by atoms with Gasteiger partial charge in [-0.25, -0.2) is 0 Å². The fourth-order valence-corrected chi connectivity index (χ4v) is 4.84. The lowest BCUT2D eigenvalue weighted by atomic mass is 9.88. The van der Waals surface area contributed by atoms with Gasteiger partial charge in [-0.2, -0.15) is 23.5 Å². The average molecular weight is 247 g/mol. The Morgan fingerprint density at radius 3 is 2.93 bits per heavy atom. The molecule has 0 bridgehead atoms. The Bertz CT molecular complexity index is 190. The van der Waals surface area contributed by atoms with Crippen LogP contribution in [0.5, 0.6) is 0 Å². The molecule has 2 rings (SSSR count). The maximum atomic E-state index is 6.06. The quantitative estimate of drug-likeness (QED) is 0.828. The Kier molecular flexibility index (Phi) is 4.68. The third kappa shape index (κ3) is 3.29. The van der Waals surface area contributed by atoms with Crippen LogP contribution in [-0.4, -0.2) is 41.3 Å². The second kappa shape index (κ2) is 5.80. The van der Waals surface area contributed by atoms with Crippen molar-refractivity contribution in [1.29, 1.82) is 0 Å². The summed E-state index contributed by atoms with van der Waals surface area (Å²) in [6.45, 7) is 1.78. The van der Waals surface area contributed by atoms with Gasteiger partial charge >= 0.3 is 0 Å². The van der Waals surface area contributed by atoms with Gasteiger partial charge in [0.25, 0.3) is 0 Å². The van der Waals surface area contributed by atoms with Crippen LogP contribution in [0.2, 0.25) is 0 Å².